The van der Waals surface area contributed by atoms with Crippen LogP contribution in [0.2, 0.25) is 0 Å². The molecule has 7 nitrogen and oxygen atoms in total. The number of aromatic nitrogens is 1. The van der Waals surface area contributed by atoms with E-state index in [1.54, 1.807) is 19.2 Å². The van der Waals surface area contributed by atoms with E-state index in [1.165, 1.54) is 25.7 Å². The van der Waals surface area contributed by atoms with Crippen molar-refractivity contribution in [2.45, 2.75) is 44.8 Å². The third-order valence-corrected chi connectivity index (χ3v) is 5.86. The predicted molar refractivity (Wildman–Crippen MR) is 108 cm³/mol. The average molecular weight is 399 g/mol. The first kappa shape index (κ1) is 19.8. The first-order valence-electron chi connectivity index (χ1n) is 10.5. The number of amides is 1. The number of hydrogen-bond acceptors (Lipinski definition) is 6. The van der Waals surface area contributed by atoms with Crippen LogP contribution < -0.4 is 9.47 Å². The van der Waals surface area contributed by atoms with Gasteiger partial charge in [0.05, 0.1) is 7.11 Å². The standard InChI is InChI=1S/C22H29N3O4/c1-27-18-8-4-9-19(14-18)28-16-20-15-21(23-29-20)22(26)25-11-5-10-24(12-13-25)17-6-2-3-7-17/h4,8-9,14-15,17H,2-3,5-7,10-13,16H2,1H3. The van der Waals surface area contributed by atoms with E-state index in [0.29, 0.717) is 23.2 Å². The smallest absolute Gasteiger partial charge is 0.276 e. The van der Waals surface area contributed by atoms with Crippen molar-refractivity contribution in [1.82, 2.24) is 15.0 Å². The largest absolute Gasteiger partial charge is 0.497 e. The van der Waals surface area contributed by atoms with E-state index in [2.05, 4.69) is 10.1 Å². The van der Waals surface area contributed by atoms with Crippen LogP contribution in [-0.4, -0.2) is 60.2 Å². The van der Waals surface area contributed by atoms with Crippen molar-refractivity contribution in [2.75, 3.05) is 33.3 Å². The molecule has 1 saturated carbocycles. The van der Waals surface area contributed by atoms with Crippen LogP contribution in [0, 0.1) is 0 Å². The number of nitrogens with zero attached hydrogens (tertiary/aromatic N) is 3. The zero-order valence-electron chi connectivity index (χ0n) is 17.0. The first-order chi connectivity index (χ1) is 14.2. The van der Waals surface area contributed by atoms with Crippen molar-refractivity contribution in [1.29, 1.82) is 0 Å². The van der Waals surface area contributed by atoms with Crippen LogP contribution in [0.25, 0.3) is 0 Å². The van der Waals surface area contributed by atoms with Gasteiger partial charge in [-0.1, -0.05) is 24.1 Å². The Bertz CT molecular complexity index is 816. The second kappa shape index (κ2) is 9.31. The molecule has 0 radical (unpaired) electrons. The summed E-state index contributed by atoms with van der Waals surface area (Å²) >= 11 is 0. The normalized spacial score (nSPS) is 18.6. The van der Waals surface area contributed by atoms with Crippen molar-refractivity contribution in [3.05, 3.63) is 41.8 Å². The lowest BCUT2D eigenvalue weighted by atomic mass is 10.2. The lowest BCUT2D eigenvalue weighted by Crippen LogP contribution is -2.38. The van der Waals surface area contributed by atoms with Crippen LogP contribution >= 0.6 is 0 Å². The second-order valence-corrected chi connectivity index (χ2v) is 7.77. The number of hydrogen-bond donors (Lipinski definition) is 0. The van der Waals surface area contributed by atoms with Gasteiger partial charge in [0, 0.05) is 44.4 Å². The summed E-state index contributed by atoms with van der Waals surface area (Å²) < 4.78 is 16.2. The highest BCUT2D eigenvalue weighted by Gasteiger charge is 2.27. The highest BCUT2D eigenvalue weighted by molar-refractivity contribution is 5.92. The molecule has 2 aliphatic rings. The second-order valence-electron chi connectivity index (χ2n) is 7.77. The van der Waals surface area contributed by atoms with E-state index < -0.39 is 0 Å². The maximum absolute atomic E-state index is 12.9. The number of ether oxygens (including phenoxy) is 2. The van der Waals surface area contributed by atoms with Crippen molar-refractivity contribution in [3.63, 3.8) is 0 Å². The molecule has 0 bridgehead atoms. The Kier molecular flexibility index (Phi) is 6.34. The lowest BCUT2D eigenvalue weighted by molar-refractivity contribution is 0.0747. The van der Waals surface area contributed by atoms with Gasteiger partial charge in [-0.25, -0.2) is 0 Å². The average Bonchev–Trinajstić information content (AvgIpc) is 3.40. The van der Waals surface area contributed by atoms with Gasteiger partial charge in [-0.05, 0) is 31.4 Å². The van der Waals surface area contributed by atoms with Gasteiger partial charge < -0.3 is 18.9 Å². The molecule has 1 aliphatic carbocycles. The Balaban J connectivity index is 1.31. The van der Waals surface area contributed by atoms with Gasteiger partial charge in [0.15, 0.2) is 11.5 Å². The Labute approximate surface area is 171 Å². The van der Waals surface area contributed by atoms with Crippen molar-refractivity contribution >= 4 is 5.91 Å². The number of rotatable bonds is 6. The zero-order valence-corrected chi connectivity index (χ0v) is 17.0. The highest BCUT2D eigenvalue weighted by atomic mass is 16.5. The van der Waals surface area contributed by atoms with Crippen LogP contribution in [0.1, 0.15) is 48.4 Å². The summed E-state index contributed by atoms with van der Waals surface area (Å²) in [7, 11) is 1.61. The molecule has 0 unspecified atom stereocenters. The fraction of sp³-hybridized carbons (Fsp3) is 0.545. The maximum Gasteiger partial charge on any atom is 0.276 e. The molecular weight excluding hydrogens is 370 g/mol. The molecule has 0 N–H and O–H groups in total. The zero-order chi connectivity index (χ0) is 20.1. The fourth-order valence-electron chi connectivity index (χ4n) is 4.26. The van der Waals surface area contributed by atoms with Crippen LogP contribution in [0.3, 0.4) is 0 Å². The molecule has 4 rings (SSSR count). The molecule has 1 saturated heterocycles. The highest BCUT2D eigenvalue weighted by Crippen LogP contribution is 2.25. The Morgan fingerprint density at radius 1 is 1.10 bits per heavy atom. The molecule has 2 fully saturated rings. The molecule has 156 valence electrons. The predicted octanol–water partition coefficient (Wildman–Crippen LogP) is 3.35. The molecule has 2 aromatic rings. The van der Waals surface area contributed by atoms with Crippen molar-refractivity contribution < 1.29 is 18.8 Å². The van der Waals surface area contributed by atoms with Gasteiger partial charge in [0.2, 0.25) is 0 Å². The topological polar surface area (TPSA) is 68.0 Å². The van der Waals surface area contributed by atoms with E-state index in [1.807, 2.05) is 23.1 Å². The van der Waals surface area contributed by atoms with Crippen LogP contribution in [0.15, 0.2) is 34.9 Å². The third-order valence-electron chi connectivity index (χ3n) is 5.86. The minimum absolute atomic E-state index is 0.0605. The van der Waals surface area contributed by atoms with Gasteiger partial charge in [0.25, 0.3) is 5.91 Å². The van der Waals surface area contributed by atoms with Crippen molar-refractivity contribution in [2.24, 2.45) is 0 Å². The Morgan fingerprint density at radius 2 is 1.93 bits per heavy atom. The summed E-state index contributed by atoms with van der Waals surface area (Å²) in [5.74, 6) is 1.87. The molecule has 1 aliphatic heterocycles. The SMILES string of the molecule is COc1cccc(OCc2cc(C(=O)N3CCCN(C4CCCC4)CC3)no2)c1. The molecule has 1 amide bonds. The van der Waals surface area contributed by atoms with Gasteiger partial charge in [0.1, 0.15) is 18.1 Å². The number of methoxy groups -OCH3 is 1. The van der Waals surface area contributed by atoms with Gasteiger partial charge >= 0.3 is 0 Å². The molecule has 2 heterocycles. The van der Waals surface area contributed by atoms with Gasteiger partial charge in [-0.15, -0.1) is 0 Å². The Hall–Kier alpha value is -2.54. The summed E-state index contributed by atoms with van der Waals surface area (Å²) in [6.45, 7) is 3.75. The molecular formula is C22H29N3O4. The van der Waals surface area contributed by atoms with E-state index in [0.717, 1.165) is 38.3 Å². The minimum atomic E-state index is -0.0605. The van der Waals surface area contributed by atoms with E-state index in [4.69, 9.17) is 14.0 Å². The van der Waals surface area contributed by atoms with Crippen LogP contribution in [0.4, 0.5) is 0 Å². The number of benzene rings is 1. The van der Waals surface area contributed by atoms with E-state index in [-0.39, 0.29) is 12.5 Å². The summed E-state index contributed by atoms with van der Waals surface area (Å²) in [6, 6.07) is 9.75. The van der Waals surface area contributed by atoms with Crippen LogP contribution in [0.5, 0.6) is 11.5 Å². The molecule has 7 heteroatoms. The van der Waals surface area contributed by atoms with Gasteiger partial charge in [-0.2, -0.15) is 0 Å². The maximum atomic E-state index is 12.9. The number of carbonyl (C=O) groups is 1. The van der Waals surface area contributed by atoms with E-state index >= 15 is 0 Å². The minimum Gasteiger partial charge on any atom is -0.497 e. The van der Waals surface area contributed by atoms with Gasteiger partial charge in [-0.3, -0.25) is 9.69 Å². The summed E-state index contributed by atoms with van der Waals surface area (Å²) in [4.78, 5) is 17.3. The summed E-state index contributed by atoms with van der Waals surface area (Å²) in [6.07, 6.45) is 6.28. The molecule has 0 spiro atoms. The number of carbonyl (C=O) groups excluding carboxylic acids is 1. The summed E-state index contributed by atoms with van der Waals surface area (Å²) in [5, 5.41) is 3.98. The first-order valence-corrected chi connectivity index (χ1v) is 10.5. The monoisotopic (exact) mass is 399 g/mol. The molecule has 1 aromatic carbocycles. The van der Waals surface area contributed by atoms with Crippen LogP contribution in [-0.2, 0) is 6.61 Å². The van der Waals surface area contributed by atoms with E-state index in [9.17, 15) is 4.79 Å². The lowest BCUT2D eigenvalue weighted by Gasteiger charge is -2.27. The molecule has 1 aromatic heterocycles. The quantitative estimate of drug-likeness (QED) is 0.742. The van der Waals surface area contributed by atoms with Crippen molar-refractivity contribution in [3.8, 4) is 11.5 Å². The third kappa shape index (κ3) is 4.90. The fourth-order valence-corrected chi connectivity index (χ4v) is 4.26. The summed E-state index contributed by atoms with van der Waals surface area (Å²) in [5.41, 5.74) is 0.351. The Morgan fingerprint density at radius 3 is 2.76 bits per heavy atom. The molecule has 0 atom stereocenters. The molecule has 29 heavy (non-hydrogen) atoms.